The Morgan fingerprint density at radius 3 is 1.59 bits per heavy atom. The van der Waals surface area contributed by atoms with E-state index in [1.54, 1.807) is 9.80 Å². The van der Waals surface area contributed by atoms with E-state index in [0.717, 1.165) is 11.4 Å². The summed E-state index contributed by atoms with van der Waals surface area (Å²) in [6, 6.07) is 11.3. The van der Waals surface area contributed by atoms with Gasteiger partial charge in [-0.2, -0.15) is 9.13 Å². The number of fused-ring (bicyclic) bond motifs is 2. The minimum atomic E-state index is -5.17. The summed E-state index contributed by atoms with van der Waals surface area (Å²) in [5, 5.41) is 6.21. The second-order valence-electron chi connectivity index (χ2n) is 6.94. The molecule has 0 radical (unpaired) electrons. The molecule has 4 aliphatic heterocycles. The Balaban J connectivity index is 0.000000328. The van der Waals surface area contributed by atoms with E-state index < -0.39 is 21.7 Å². The van der Waals surface area contributed by atoms with Gasteiger partial charge in [-0.25, -0.2) is 19.4 Å². The fourth-order valence-electron chi connectivity index (χ4n) is 4.73. The van der Waals surface area contributed by atoms with Crippen molar-refractivity contribution in [2.45, 2.75) is 24.7 Å². The number of nitrogens with zero attached hydrogens (tertiary/aromatic N) is 4. The van der Waals surface area contributed by atoms with Crippen LogP contribution < -0.4 is 19.8 Å². The summed E-state index contributed by atoms with van der Waals surface area (Å²) in [5.74, 6) is 0. The highest BCUT2D eigenvalue weighted by Crippen LogP contribution is 2.54. The van der Waals surface area contributed by atoms with Gasteiger partial charge >= 0.3 is 12.1 Å². The van der Waals surface area contributed by atoms with Crippen LogP contribution in [0.2, 0.25) is 0 Å². The van der Waals surface area contributed by atoms with Crippen molar-refractivity contribution in [3.63, 3.8) is 0 Å². The summed E-state index contributed by atoms with van der Waals surface area (Å²) in [6.07, 6.45) is 3.87. The van der Waals surface area contributed by atoms with Gasteiger partial charge in [0.05, 0.1) is 0 Å². The SMILES string of the molecule is O=C1N[C@]23c4cccc[n+]4CN2C(=O)N[C@@]32c3cccc[n+]3CN12.O=S(=O)([O-])[O-]. The number of rotatable bonds is 0. The summed E-state index contributed by atoms with van der Waals surface area (Å²) < 4.78 is 38.1. The summed E-state index contributed by atoms with van der Waals surface area (Å²) in [7, 11) is -5.17. The molecule has 2 fully saturated rings. The summed E-state index contributed by atoms with van der Waals surface area (Å²) in [4.78, 5) is 29.0. The normalized spacial score (nSPS) is 27.8. The van der Waals surface area contributed by atoms with E-state index >= 15 is 0 Å². The molecule has 2 saturated heterocycles. The Morgan fingerprint density at radius 1 is 0.828 bits per heavy atom. The third kappa shape index (κ3) is 2.11. The van der Waals surface area contributed by atoms with E-state index in [1.165, 1.54) is 0 Å². The molecule has 150 valence electrons. The largest absolute Gasteiger partial charge is 0.759 e. The zero-order valence-corrected chi connectivity index (χ0v) is 15.5. The third-order valence-electron chi connectivity index (χ3n) is 5.61. The van der Waals surface area contributed by atoms with E-state index in [4.69, 9.17) is 17.5 Å². The zero-order chi connectivity index (χ0) is 20.6. The quantitative estimate of drug-likeness (QED) is 0.285. The van der Waals surface area contributed by atoms with E-state index in [0.29, 0.717) is 13.3 Å². The minimum absolute atomic E-state index is 0.180. The molecule has 2 N–H and O–H groups in total. The van der Waals surface area contributed by atoms with Crippen LogP contribution in [0.15, 0.2) is 48.8 Å². The van der Waals surface area contributed by atoms with Gasteiger partial charge in [0.1, 0.15) is 0 Å². The van der Waals surface area contributed by atoms with Gasteiger partial charge in [0, 0.05) is 34.7 Å². The van der Waals surface area contributed by atoms with Gasteiger partial charge < -0.3 is 19.7 Å². The second-order valence-corrected chi connectivity index (χ2v) is 7.76. The van der Waals surface area contributed by atoms with Crippen molar-refractivity contribution in [1.82, 2.24) is 20.4 Å². The number of carbonyl (C=O) groups is 2. The highest BCUT2D eigenvalue weighted by atomic mass is 32.3. The fourth-order valence-corrected chi connectivity index (χ4v) is 4.73. The van der Waals surface area contributed by atoms with E-state index in [1.807, 2.05) is 57.9 Å². The zero-order valence-electron chi connectivity index (χ0n) is 14.7. The number of amides is 4. The van der Waals surface area contributed by atoms with E-state index in [-0.39, 0.29) is 12.1 Å². The molecule has 2 spiro atoms. The van der Waals surface area contributed by atoms with Gasteiger partial charge in [0.25, 0.3) is 11.3 Å². The van der Waals surface area contributed by atoms with Crippen LogP contribution in [0.5, 0.6) is 0 Å². The topological polar surface area (TPSA) is 153 Å². The van der Waals surface area contributed by atoms with Crippen molar-refractivity contribution in [3.05, 3.63) is 60.2 Å². The summed E-state index contributed by atoms with van der Waals surface area (Å²) >= 11 is 0. The molecule has 13 heteroatoms. The van der Waals surface area contributed by atoms with Crippen LogP contribution in [0.3, 0.4) is 0 Å². The number of carbonyl (C=O) groups excluding carboxylic acids is 2. The molecule has 2 atom stereocenters. The van der Waals surface area contributed by atoms with Gasteiger partial charge in [-0.3, -0.25) is 8.42 Å². The van der Waals surface area contributed by atoms with Crippen LogP contribution in [0.1, 0.15) is 11.4 Å². The van der Waals surface area contributed by atoms with Crippen molar-refractivity contribution < 1.29 is 36.2 Å². The van der Waals surface area contributed by atoms with Gasteiger partial charge in [-0.15, -0.1) is 0 Å². The lowest BCUT2D eigenvalue weighted by Crippen LogP contribution is -2.60. The minimum Gasteiger partial charge on any atom is -0.759 e. The number of urea groups is 2. The van der Waals surface area contributed by atoms with Crippen LogP contribution >= 0.6 is 0 Å². The van der Waals surface area contributed by atoms with Crippen molar-refractivity contribution in [3.8, 4) is 0 Å². The Morgan fingerprint density at radius 2 is 1.21 bits per heavy atom. The molecule has 0 saturated carbocycles. The molecule has 4 amide bonds. The van der Waals surface area contributed by atoms with E-state index in [2.05, 4.69) is 10.6 Å². The van der Waals surface area contributed by atoms with Gasteiger partial charge in [-0.05, 0) is 12.1 Å². The van der Waals surface area contributed by atoms with Crippen molar-refractivity contribution in [2.24, 2.45) is 0 Å². The maximum absolute atomic E-state index is 12.8. The second kappa shape index (κ2) is 5.40. The molecule has 4 aliphatic rings. The monoisotopic (exact) mass is 418 g/mol. The first-order valence-corrected chi connectivity index (χ1v) is 9.86. The van der Waals surface area contributed by atoms with Crippen molar-refractivity contribution in [2.75, 3.05) is 0 Å². The molecule has 6 heterocycles. The lowest BCUT2D eigenvalue weighted by molar-refractivity contribution is -0.702. The molecule has 0 bridgehead atoms. The lowest BCUT2D eigenvalue weighted by Gasteiger charge is -2.31. The van der Waals surface area contributed by atoms with Crippen LogP contribution in [-0.2, 0) is 35.1 Å². The summed E-state index contributed by atoms with van der Waals surface area (Å²) in [5.41, 5.74) is -0.0858. The van der Waals surface area contributed by atoms with E-state index in [9.17, 15) is 9.59 Å². The predicted molar refractivity (Wildman–Crippen MR) is 87.8 cm³/mol. The number of aromatic nitrogens is 2. The van der Waals surface area contributed by atoms with Gasteiger partial charge in [-0.1, -0.05) is 0 Å². The number of hydrogen-bond donors (Lipinski definition) is 2. The molecule has 2 aromatic heterocycles. The number of nitrogens with one attached hydrogen (secondary N) is 2. The van der Waals surface area contributed by atoms with Crippen LogP contribution in [0, 0.1) is 0 Å². The molecular weight excluding hydrogens is 404 g/mol. The van der Waals surface area contributed by atoms with Crippen LogP contribution in [0.25, 0.3) is 0 Å². The highest BCUT2D eigenvalue weighted by molar-refractivity contribution is 7.79. The third-order valence-corrected chi connectivity index (χ3v) is 5.61. The molecule has 0 aliphatic carbocycles. The lowest BCUT2D eigenvalue weighted by atomic mass is 9.88. The first-order chi connectivity index (χ1) is 13.7. The van der Waals surface area contributed by atoms with Gasteiger partial charge in [0.15, 0.2) is 12.4 Å². The Labute approximate surface area is 164 Å². The maximum Gasteiger partial charge on any atom is 0.327 e. The summed E-state index contributed by atoms with van der Waals surface area (Å²) in [6.45, 7) is 0.815. The molecular formula is C16H14N6O6S. The average molecular weight is 418 g/mol. The average Bonchev–Trinajstić information content (AvgIpc) is 3.28. The first-order valence-electron chi connectivity index (χ1n) is 8.53. The van der Waals surface area contributed by atoms with Crippen molar-refractivity contribution in [1.29, 1.82) is 0 Å². The highest BCUT2D eigenvalue weighted by Gasteiger charge is 2.84. The van der Waals surface area contributed by atoms with Gasteiger partial charge in [0.2, 0.25) is 24.7 Å². The molecule has 2 aromatic rings. The Bertz CT molecular complexity index is 1100. The van der Waals surface area contributed by atoms with Crippen LogP contribution in [0.4, 0.5) is 9.59 Å². The standard InChI is InChI=1S/C16H12N6O2.H2O4S/c23-13-17-15-11-5-1-3-7-19(11)9-21(15)14(24)18-16(15)12-6-2-4-8-20(12)10-22(13)16;1-5(2,3)4/h1-8H,9-10H2;(H2,1,2,3,4)/t15-,16-;/m1./s1. The molecule has 6 rings (SSSR count). The fraction of sp³-hybridized carbons (Fsp3) is 0.250. The smallest absolute Gasteiger partial charge is 0.327 e. The predicted octanol–water partition coefficient (Wildman–Crippen LogP) is -2.08. The molecule has 29 heavy (non-hydrogen) atoms. The molecule has 0 aromatic carbocycles. The van der Waals surface area contributed by atoms with Crippen molar-refractivity contribution >= 4 is 22.5 Å². The molecule has 12 nitrogen and oxygen atoms in total. The first kappa shape index (κ1) is 17.8. The Hall–Kier alpha value is -3.29. The Kier molecular flexibility index (Phi) is 3.31. The number of hydrogen-bond acceptors (Lipinski definition) is 6. The number of pyridine rings is 2. The van der Waals surface area contributed by atoms with Crippen LogP contribution in [-0.4, -0.2) is 39.4 Å². The maximum atomic E-state index is 12.8. The molecule has 0 unspecified atom stereocenters.